The lowest BCUT2D eigenvalue weighted by Crippen LogP contribution is -2.50. The summed E-state index contributed by atoms with van der Waals surface area (Å²) in [4.78, 5) is 16.5. The number of hydrogen-bond donors (Lipinski definition) is 0. The second kappa shape index (κ2) is 10.2. The highest BCUT2D eigenvalue weighted by Crippen LogP contribution is 2.32. The fraction of sp³-hybridized carbons (Fsp3) is 0.320. The molecule has 1 aliphatic heterocycles. The van der Waals surface area contributed by atoms with E-state index in [0.717, 1.165) is 22.7 Å². The molecule has 0 bridgehead atoms. The highest BCUT2D eigenvalue weighted by atomic mass is 16.5. The zero-order valence-corrected chi connectivity index (χ0v) is 19.2. The summed E-state index contributed by atoms with van der Waals surface area (Å²) in [7, 11) is 3.25. The molecule has 0 radical (unpaired) electrons. The summed E-state index contributed by atoms with van der Waals surface area (Å²) in [5, 5.41) is 8.82. The van der Waals surface area contributed by atoms with Crippen LogP contribution < -0.4 is 19.1 Å². The van der Waals surface area contributed by atoms with Crippen molar-refractivity contribution in [3.05, 3.63) is 60.2 Å². The van der Waals surface area contributed by atoms with E-state index in [1.807, 2.05) is 66.4 Å². The molecule has 33 heavy (non-hydrogen) atoms. The van der Waals surface area contributed by atoms with Crippen LogP contribution in [0.15, 0.2) is 54.6 Å². The number of aromatic nitrogens is 2. The topological polar surface area (TPSA) is 77.0 Å². The number of amides is 1. The number of nitrogens with zero attached hydrogens (tertiary/aromatic N) is 4. The monoisotopic (exact) mass is 448 g/mol. The molecular formula is C25H28N4O4. The summed E-state index contributed by atoms with van der Waals surface area (Å²) >= 11 is 0. The lowest BCUT2D eigenvalue weighted by atomic mass is 10.1. The average Bonchev–Trinajstić information content (AvgIpc) is 2.88. The van der Waals surface area contributed by atoms with Gasteiger partial charge in [-0.1, -0.05) is 17.7 Å². The van der Waals surface area contributed by atoms with Gasteiger partial charge in [-0.05, 0) is 49.4 Å². The third-order valence-corrected chi connectivity index (χ3v) is 5.67. The molecule has 8 nitrogen and oxygen atoms in total. The number of benzene rings is 2. The van der Waals surface area contributed by atoms with Crippen LogP contribution in [-0.2, 0) is 4.79 Å². The Balaban J connectivity index is 1.33. The van der Waals surface area contributed by atoms with Gasteiger partial charge in [0.2, 0.25) is 0 Å². The van der Waals surface area contributed by atoms with Crippen molar-refractivity contribution in [1.29, 1.82) is 0 Å². The van der Waals surface area contributed by atoms with Crippen LogP contribution in [0.25, 0.3) is 11.3 Å². The van der Waals surface area contributed by atoms with E-state index in [2.05, 4.69) is 15.1 Å². The van der Waals surface area contributed by atoms with Gasteiger partial charge in [-0.15, -0.1) is 10.2 Å². The van der Waals surface area contributed by atoms with E-state index in [1.54, 1.807) is 14.2 Å². The van der Waals surface area contributed by atoms with Crippen LogP contribution in [0.2, 0.25) is 0 Å². The molecule has 1 aliphatic rings. The number of hydrogen-bond acceptors (Lipinski definition) is 7. The number of carbonyl (C=O) groups is 1. The van der Waals surface area contributed by atoms with Gasteiger partial charge in [0.15, 0.2) is 12.4 Å². The zero-order chi connectivity index (χ0) is 23.2. The summed E-state index contributed by atoms with van der Waals surface area (Å²) < 4.78 is 16.4. The molecule has 1 amide bonds. The highest BCUT2D eigenvalue weighted by molar-refractivity contribution is 5.78. The summed E-state index contributed by atoms with van der Waals surface area (Å²) in [6, 6.07) is 17.1. The number of piperazine rings is 1. The standard InChI is InChI=1S/C25H28N4O4/c1-18-4-6-19(7-5-18)33-17-25(30)29-14-12-28(13-15-29)24-11-9-22(26-27-24)21-16-20(31-2)8-10-23(21)32-3/h4-11,16H,12-15,17H2,1-3H3. The maximum absolute atomic E-state index is 12.5. The molecule has 2 heterocycles. The summed E-state index contributed by atoms with van der Waals surface area (Å²) in [6.07, 6.45) is 0. The van der Waals surface area contributed by atoms with E-state index in [9.17, 15) is 4.79 Å². The quantitative estimate of drug-likeness (QED) is 0.549. The Morgan fingerprint density at radius 1 is 0.879 bits per heavy atom. The molecule has 0 aliphatic carbocycles. The van der Waals surface area contributed by atoms with E-state index in [1.165, 1.54) is 0 Å². The molecule has 0 unspecified atom stereocenters. The Labute approximate surface area is 193 Å². The van der Waals surface area contributed by atoms with E-state index in [4.69, 9.17) is 14.2 Å². The van der Waals surface area contributed by atoms with Gasteiger partial charge in [0.25, 0.3) is 5.91 Å². The molecule has 3 aromatic rings. The van der Waals surface area contributed by atoms with Crippen molar-refractivity contribution >= 4 is 11.7 Å². The molecular weight excluding hydrogens is 420 g/mol. The molecule has 0 spiro atoms. The van der Waals surface area contributed by atoms with Crippen molar-refractivity contribution < 1.29 is 19.0 Å². The van der Waals surface area contributed by atoms with Crippen LogP contribution in [0, 0.1) is 6.92 Å². The normalized spacial score (nSPS) is 13.5. The van der Waals surface area contributed by atoms with Gasteiger partial charge in [0.05, 0.1) is 19.9 Å². The van der Waals surface area contributed by atoms with Gasteiger partial charge in [-0.25, -0.2) is 0 Å². The number of aryl methyl sites for hydroxylation is 1. The summed E-state index contributed by atoms with van der Waals surface area (Å²) in [5.41, 5.74) is 2.68. The Kier molecular flexibility index (Phi) is 6.92. The van der Waals surface area contributed by atoms with Crippen LogP contribution in [0.4, 0.5) is 5.82 Å². The first kappa shape index (κ1) is 22.4. The molecule has 0 atom stereocenters. The van der Waals surface area contributed by atoms with E-state index in [-0.39, 0.29) is 12.5 Å². The first-order valence-electron chi connectivity index (χ1n) is 10.9. The third kappa shape index (κ3) is 5.34. The summed E-state index contributed by atoms with van der Waals surface area (Å²) in [6.45, 7) is 4.66. The smallest absolute Gasteiger partial charge is 0.260 e. The molecule has 172 valence electrons. The first-order chi connectivity index (χ1) is 16.1. The minimum absolute atomic E-state index is 0.0122. The molecule has 1 aromatic heterocycles. The van der Waals surface area contributed by atoms with Gasteiger partial charge in [0.1, 0.15) is 17.2 Å². The van der Waals surface area contributed by atoms with Crippen molar-refractivity contribution in [3.63, 3.8) is 0 Å². The molecule has 4 rings (SSSR count). The van der Waals surface area contributed by atoms with Gasteiger partial charge in [-0.3, -0.25) is 4.79 Å². The largest absolute Gasteiger partial charge is 0.497 e. The van der Waals surface area contributed by atoms with Crippen molar-refractivity contribution in [2.45, 2.75) is 6.92 Å². The van der Waals surface area contributed by atoms with Crippen molar-refractivity contribution in [2.75, 3.05) is 51.9 Å². The zero-order valence-electron chi connectivity index (χ0n) is 19.2. The Morgan fingerprint density at radius 2 is 1.61 bits per heavy atom. The second-order valence-corrected chi connectivity index (χ2v) is 7.81. The van der Waals surface area contributed by atoms with E-state index < -0.39 is 0 Å². The average molecular weight is 449 g/mol. The predicted octanol–water partition coefficient (Wildman–Crippen LogP) is 3.20. The van der Waals surface area contributed by atoms with E-state index >= 15 is 0 Å². The molecule has 0 saturated carbocycles. The fourth-order valence-electron chi connectivity index (χ4n) is 3.71. The van der Waals surface area contributed by atoms with Crippen molar-refractivity contribution in [1.82, 2.24) is 15.1 Å². The maximum Gasteiger partial charge on any atom is 0.260 e. The fourth-order valence-corrected chi connectivity index (χ4v) is 3.71. The first-order valence-corrected chi connectivity index (χ1v) is 10.9. The Morgan fingerprint density at radius 3 is 2.24 bits per heavy atom. The minimum atomic E-state index is -0.0122. The van der Waals surface area contributed by atoms with Crippen LogP contribution in [0.3, 0.4) is 0 Å². The number of rotatable bonds is 7. The third-order valence-electron chi connectivity index (χ3n) is 5.67. The second-order valence-electron chi connectivity index (χ2n) is 7.81. The van der Waals surface area contributed by atoms with Crippen LogP contribution in [0.5, 0.6) is 17.2 Å². The van der Waals surface area contributed by atoms with Crippen LogP contribution in [0.1, 0.15) is 5.56 Å². The van der Waals surface area contributed by atoms with Gasteiger partial charge in [0, 0.05) is 31.7 Å². The lowest BCUT2D eigenvalue weighted by Gasteiger charge is -2.35. The van der Waals surface area contributed by atoms with Gasteiger partial charge >= 0.3 is 0 Å². The van der Waals surface area contributed by atoms with Crippen molar-refractivity contribution in [3.8, 4) is 28.5 Å². The molecule has 2 aromatic carbocycles. The van der Waals surface area contributed by atoms with E-state index in [0.29, 0.717) is 43.4 Å². The predicted molar refractivity (Wildman–Crippen MR) is 126 cm³/mol. The molecule has 8 heteroatoms. The summed E-state index contributed by atoms with van der Waals surface area (Å²) in [5.74, 6) is 2.91. The van der Waals surface area contributed by atoms with Gasteiger partial charge < -0.3 is 24.0 Å². The number of ether oxygens (including phenoxy) is 3. The maximum atomic E-state index is 12.5. The minimum Gasteiger partial charge on any atom is -0.497 e. The van der Waals surface area contributed by atoms with Gasteiger partial charge in [-0.2, -0.15) is 0 Å². The number of carbonyl (C=O) groups excluding carboxylic acids is 1. The molecule has 0 N–H and O–H groups in total. The molecule has 1 fully saturated rings. The van der Waals surface area contributed by atoms with Crippen molar-refractivity contribution in [2.24, 2.45) is 0 Å². The number of anilines is 1. The van der Waals surface area contributed by atoms with Crippen LogP contribution in [-0.4, -0.2) is 68.0 Å². The number of methoxy groups -OCH3 is 2. The highest BCUT2D eigenvalue weighted by Gasteiger charge is 2.22. The lowest BCUT2D eigenvalue weighted by molar-refractivity contribution is -0.133. The van der Waals surface area contributed by atoms with Crippen LogP contribution >= 0.6 is 0 Å². The SMILES string of the molecule is COc1ccc(OC)c(-c2ccc(N3CCN(C(=O)COc4ccc(C)cc4)CC3)nn2)c1. The Bertz CT molecular complexity index is 1080. The Hall–Kier alpha value is -3.81. The molecule has 1 saturated heterocycles.